The lowest BCUT2D eigenvalue weighted by Gasteiger charge is -2.18. The summed E-state index contributed by atoms with van der Waals surface area (Å²) in [6.07, 6.45) is -2.86. The van der Waals surface area contributed by atoms with Crippen LogP contribution in [0.5, 0.6) is 0 Å². The van der Waals surface area contributed by atoms with Crippen LogP contribution in [0.3, 0.4) is 0 Å². The van der Waals surface area contributed by atoms with Crippen molar-refractivity contribution in [3.8, 4) is 0 Å². The summed E-state index contributed by atoms with van der Waals surface area (Å²) in [6.45, 7) is 4.25. The van der Waals surface area contributed by atoms with E-state index in [1.165, 1.54) is 18.2 Å². The molecule has 31 heavy (non-hydrogen) atoms. The Morgan fingerprint density at radius 3 is 2.42 bits per heavy atom. The molecule has 0 spiro atoms. The molecule has 0 bridgehead atoms. The Bertz CT molecular complexity index is 1020. The second-order valence-corrected chi connectivity index (χ2v) is 10.3. The fourth-order valence-electron chi connectivity index (χ4n) is 3.36. The highest BCUT2D eigenvalue weighted by atomic mass is 32.2. The molecule has 1 N–H and O–H groups in total. The highest BCUT2D eigenvalue weighted by molar-refractivity contribution is 7.92. The molecular weight excluding hydrogens is 431 g/mol. The van der Waals surface area contributed by atoms with Crippen LogP contribution in [0, 0.1) is 0 Å². The summed E-state index contributed by atoms with van der Waals surface area (Å²) in [5.41, 5.74) is -0.105. The molecule has 1 unspecified atom stereocenters. The standard InChI is InChI=1S/C21H24F3N3O3S/c1-14(2)31(29,30)18-6-3-15(4-7-18)11-20(28)26-17-9-10-27(13-17)19-8-5-16(12-25-19)21(22,23)24/h3-8,12,14,17H,9-11,13H2,1-2H3,(H,26,28). The molecule has 1 atom stereocenters. The van der Waals surface area contributed by atoms with Gasteiger partial charge in [0, 0.05) is 25.3 Å². The van der Waals surface area contributed by atoms with Gasteiger partial charge in [0.05, 0.1) is 22.1 Å². The van der Waals surface area contributed by atoms with Crippen molar-refractivity contribution in [1.29, 1.82) is 0 Å². The Morgan fingerprint density at radius 1 is 1.19 bits per heavy atom. The smallest absolute Gasteiger partial charge is 0.354 e. The van der Waals surface area contributed by atoms with E-state index in [4.69, 9.17) is 0 Å². The van der Waals surface area contributed by atoms with E-state index in [0.29, 0.717) is 30.9 Å². The molecular formula is C21H24F3N3O3S. The first-order chi connectivity index (χ1) is 14.5. The van der Waals surface area contributed by atoms with Crippen LogP contribution >= 0.6 is 0 Å². The number of nitrogens with one attached hydrogen (secondary N) is 1. The Hall–Kier alpha value is -2.62. The summed E-state index contributed by atoms with van der Waals surface area (Å²) >= 11 is 0. The first-order valence-corrected chi connectivity index (χ1v) is 11.4. The van der Waals surface area contributed by atoms with Gasteiger partial charge in [0.15, 0.2) is 9.84 Å². The Morgan fingerprint density at radius 2 is 1.87 bits per heavy atom. The van der Waals surface area contributed by atoms with Crippen LogP contribution in [0.4, 0.5) is 19.0 Å². The number of amides is 1. The van der Waals surface area contributed by atoms with E-state index >= 15 is 0 Å². The van der Waals surface area contributed by atoms with Crippen molar-refractivity contribution in [2.45, 2.75) is 49.1 Å². The minimum absolute atomic E-state index is 0.108. The number of carbonyl (C=O) groups excluding carboxylic acids is 1. The fraction of sp³-hybridized carbons (Fsp3) is 0.429. The van der Waals surface area contributed by atoms with Gasteiger partial charge in [-0.1, -0.05) is 12.1 Å². The quantitative estimate of drug-likeness (QED) is 0.724. The molecule has 0 aliphatic carbocycles. The number of anilines is 1. The average Bonchev–Trinajstić information content (AvgIpc) is 3.16. The van der Waals surface area contributed by atoms with Gasteiger partial charge < -0.3 is 10.2 Å². The molecule has 6 nitrogen and oxygen atoms in total. The number of alkyl halides is 3. The molecule has 1 fully saturated rings. The third-order valence-electron chi connectivity index (χ3n) is 5.19. The van der Waals surface area contributed by atoms with E-state index in [1.807, 2.05) is 4.90 Å². The van der Waals surface area contributed by atoms with E-state index < -0.39 is 26.8 Å². The molecule has 0 saturated carbocycles. The van der Waals surface area contributed by atoms with Crippen molar-refractivity contribution in [3.05, 3.63) is 53.7 Å². The molecule has 1 amide bonds. The zero-order valence-corrected chi connectivity index (χ0v) is 18.0. The minimum atomic E-state index is -4.43. The van der Waals surface area contributed by atoms with Crippen LogP contribution in [-0.4, -0.2) is 43.7 Å². The van der Waals surface area contributed by atoms with E-state index in [0.717, 1.165) is 12.3 Å². The van der Waals surface area contributed by atoms with Gasteiger partial charge in [-0.05, 0) is 50.1 Å². The molecule has 168 valence electrons. The zero-order chi connectivity index (χ0) is 22.8. The first-order valence-electron chi connectivity index (χ1n) is 9.87. The van der Waals surface area contributed by atoms with E-state index in [2.05, 4.69) is 10.3 Å². The van der Waals surface area contributed by atoms with Crippen LogP contribution in [0.1, 0.15) is 31.4 Å². The number of halogens is 3. The number of aromatic nitrogens is 1. The highest BCUT2D eigenvalue weighted by Crippen LogP contribution is 2.30. The maximum atomic E-state index is 12.7. The molecule has 2 aromatic rings. The van der Waals surface area contributed by atoms with Crippen LogP contribution in [0.15, 0.2) is 47.5 Å². The number of hydrogen-bond acceptors (Lipinski definition) is 5. The number of benzene rings is 1. The lowest BCUT2D eigenvalue weighted by atomic mass is 10.1. The third kappa shape index (κ3) is 5.55. The van der Waals surface area contributed by atoms with Gasteiger partial charge in [-0.3, -0.25) is 4.79 Å². The maximum absolute atomic E-state index is 12.7. The lowest BCUT2D eigenvalue weighted by Crippen LogP contribution is -2.38. The van der Waals surface area contributed by atoms with E-state index in [-0.39, 0.29) is 23.3 Å². The summed E-state index contributed by atoms with van der Waals surface area (Å²) < 4.78 is 62.3. The largest absolute Gasteiger partial charge is 0.417 e. The van der Waals surface area contributed by atoms with Crippen molar-refractivity contribution in [1.82, 2.24) is 10.3 Å². The molecule has 2 heterocycles. The Labute approximate surface area is 179 Å². The minimum Gasteiger partial charge on any atom is -0.354 e. The summed E-state index contributed by atoms with van der Waals surface area (Å²) in [5, 5.41) is 2.40. The number of nitrogens with zero attached hydrogens (tertiary/aromatic N) is 2. The third-order valence-corrected chi connectivity index (χ3v) is 7.36. The molecule has 1 aliphatic heterocycles. The number of carbonyl (C=O) groups is 1. The van der Waals surface area contributed by atoms with Crippen molar-refractivity contribution in [3.63, 3.8) is 0 Å². The monoisotopic (exact) mass is 455 g/mol. The summed E-state index contributed by atoms with van der Waals surface area (Å²) in [4.78, 5) is 18.3. The van der Waals surface area contributed by atoms with Crippen LogP contribution in [0.2, 0.25) is 0 Å². The Kier molecular flexibility index (Phi) is 6.59. The molecule has 3 rings (SSSR count). The van der Waals surface area contributed by atoms with Crippen LogP contribution < -0.4 is 10.2 Å². The van der Waals surface area contributed by atoms with Crippen molar-refractivity contribution >= 4 is 21.6 Å². The highest BCUT2D eigenvalue weighted by Gasteiger charge is 2.31. The van der Waals surface area contributed by atoms with Gasteiger partial charge >= 0.3 is 6.18 Å². The first kappa shape index (κ1) is 23.1. The van der Waals surface area contributed by atoms with Crippen LogP contribution in [-0.2, 0) is 27.2 Å². The number of hydrogen-bond donors (Lipinski definition) is 1. The van der Waals surface area contributed by atoms with Gasteiger partial charge in [0.2, 0.25) is 5.91 Å². The fourth-order valence-corrected chi connectivity index (χ4v) is 4.42. The topological polar surface area (TPSA) is 79.4 Å². The normalized spacial score (nSPS) is 17.2. The van der Waals surface area contributed by atoms with Gasteiger partial charge in [0.1, 0.15) is 5.82 Å². The van der Waals surface area contributed by atoms with Crippen molar-refractivity contribution in [2.75, 3.05) is 18.0 Å². The van der Waals surface area contributed by atoms with Crippen LogP contribution in [0.25, 0.3) is 0 Å². The predicted octanol–water partition coefficient (Wildman–Crippen LogP) is 3.22. The maximum Gasteiger partial charge on any atom is 0.417 e. The van der Waals surface area contributed by atoms with Crippen molar-refractivity contribution < 1.29 is 26.4 Å². The lowest BCUT2D eigenvalue weighted by molar-refractivity contribution is -0.137. The van der Waals surface area contributed by atoms with Gasteiger partial charge in [0.25, 0.3) is 0 Å². The molecule has 1 saturated heterocycles. The number of rotatable bonds is 6. The molecule has 1 aromatic heterocycles. The zero-order valence-electron chi connectivity index (χ0n) is 17.2. The SMILES string of the molecule is CC(C)S(=O)(=O)c1ccc(CC(=O)NC2CCN(c3ccc(C(F)(F)F)cn3)C2)cc1. The van der Waals surface area contributed by atoms with E-state index in [1.54, 1.807) is 26.0 Å². The molecule has 10 heteroatoms. The second-order valence-electron chi connectivity index (χ2n) is 7.82. The second kappa shape index (κ2) is 8.86. The van der Waals surface area contributed by atoms with Gasteiger partial charge in [-0.2, -0.15) is 13.2 Å². The predicted molar refractivity (Wildman–Crippen MR) is 110 cm³/mol. The number of pyridine rings is 1. The molecule has 0 radical (unpaired) electrons. The van der Waals surface area contributed by atoms with Gasteiger partial charge in [-0.15, -0.1) is 0 Å². The van der Waals surface area contributed by atoms with E-state index in [9.17, 15) is 26.4 Å². The summed E-state index contributed by atoms with van der Waals surface area (Å²) in [5.74, 6) is 0.235. The molecule has 1 aliphatic rings. The number of sulfone groups is 1. The summed E-state index contributed by atoms with van der Waals surface area (Å²) in [7, 11) is -3.36. The Balaban J connectivity index is 1.54. The van der Waals surface area contributed by atoms with Crippen molar-refractivity contribution in [2.24, 2.45) is 0 Å². The average molecular weight is 456 g/mol. The van der Waals surface area contributed by atoms with Gasteiger partial charge in [-0.25, -0.2) is 13.4 Å². The molecule has 1 aromatic carbocycles. The summed E-state index contributed by atoms with van der Waals surface area (Å²) in [6, 6.07) is 8.45.